The second-order valence-corrected chi connectivity index (χ2v) is 3.88. The van der Waals surface area contributed by atoms with Crippen LogP contribution in [-0.4, -0.2) is 15.6 Å². The molecule has 1 heterocycles. The molecule has 0 bridgehead atoms. The Morgan fingerprint density at radius 2 is 1.95 bits per heavy atom. The predicted octanol–water partition coefficient (Wildman–Crippen LogP) is 1.87. The molecule has 98 valence electrons. The van der Waals surface area contributed by atoms with Crippen molar-refractivity contribution in [2.45, 2.75) is 6.54 Å². The first-order valence-electron chi connectivity index (χ1n) is 5.36. The minimum Gasteiger partial charge on any atom is -0.477 e. The maximum absolute atomic E-state index is 13.5. The summed E-state index contributed by atoms with van der Waals surface area (Å²) in [4.78, 5) is 22.6. The highest BCUT2D eigenvalue weighted by molar-refractivity contribution is 5.85. The first kappa shape index (κ1) is 12.9. The van der Waals surface area contributed by atoms with Crippen LogP contribution in [0.4, 0.5) is 8.78 Å². The quantitative estimate of drug-likeness (QED) is 0.921. The number of aromatic nitrogens is 1. The highest BCUT2D eigenvalue weighted by atomic mass is 19.1. The van der Waals surface area contributed by atoms with Crippen molar-refractivity contribution in [1.29, 1.82) is 0 Å². The number of nitrogens with zero attached hydrogens (tertiary/aromatic N) is 1. The van der Waals surface area contributed by atoms with Gasteiger partial charge in [0.05, 0.1) is 6.54 Å². The summed E-state index contributed by atoms with van der Waals surface area (Å²) in [5, 5.41) is 8.97. The third-order valence-corrected chi connectivity index (χ3v) is 2.61. The zero-order valence-electron chi connectivity index (χ0n) is 9.64. The summed E-state index contributed by atoms with van der Waals surface area (Å²) in [6.07, 6.45) is 0. The summed E-state index contributed by atoms with van der Waals surface area (Å²) in [5.41, 5.74) is -0.781. The van der Waals surface area contributed by atoms with Crippen molar-refractivity contribution in [2.75, 3.05) is 0 Å². The first-order valence-corrected chi connectivity index (χ1v) is 5.36. The lowest BCUT2D eigenvalue weighted by atomic mass is 10.2. The van der Waals surface area contributed by atoms with E-state index < -0.39 is 23.2 Å². The van der Waals surface area contributed by atoms with Crippen molar-refractivity contribution in [1.82, 2.24) is 4.57 Å². The fraction of sp³-hybridized carbons (Fsp3) is 0.0769. The van der Waals surface area contributed by atoms with Gasteiger partial charge in [-0.15, -0.1) is 0 Å². The van der Waals surface area contributed by atoms with Gasteiger partial charge in [-0.25, -0.2) is 13.6 Å². The van der Waals surface area contributed by atoms with Gasteiger partial charge in [-0.05, 0) is 12.1 Å². The maximum Gasteiger partial charge on any atom is 0.352 e. The minimum absolute atomic E-state index is 0.0391. The average Bonchev–Trinajstić information content (AvgIpc) is 2.34. The Bertz CT molecular complexity index is 695. The number of halogens is 2. The van der Waals surface area contributed by atoms with Crippen LogP contribution in [0.5, 0.6) is 0 Å². The highest BCUT2D eigenvalue weighted by Crippen LogP contribution is 2.11. The van der Waals surface area contributed by atoms with Crippen LogP contribution in [0.15, 0.2) is 41.2 Å². The lowest BCUT2D eigenvalue weighted by Crippen LogP contribution is -2.25. The SMILES string of the molecule is O=C(O)c1cccc(=O)n1Cc1ccc(F)cc1F. The summed E-state index contributed by atoms with van der Waals surface area (Å²) in [7, 11) is 0. The van der Waals surface area contributed by atoms with Gasteiger partial charge < -0.3 is 5.11 Å². The summed E-state index contributed by atoms with van der Waals surface area (Å²) >= 11 is 0. The molecular weight excluding hydrogens is 256 g/mol. The summed E-state index contributed by atoms with van der Waals surface area (Å²) < 4.78 is 27.2. The van der Waals surface area contributed by atoms with Crippen LogP contribution in [0.3, 0.4) is 0 Å². The van der Waals surface area contributed by atoms with Gasteiger partial charge in [0.25, 0.3) is 5.56 Å². The van der Waals surface area contributed by atoms with Gasteiger partial charge >= 0.3 is 5.97 Å². The second-order valence-electron chi connectivity index (χ2n) is 3.88. The van der Waals surface area contributed by atoms with E-state index in [2.05, 4.69) is 0 Å². The van der Waals surface area contributed by atoms with Gasteiger partial charge in [-0.1, -0.05) is 12.1 Å². The van der Waals surface area contributed by atoms with Gasteiger partial charge in [-0.3, -0.25) is 9.36 Å². The summed E-state index contributed by atoms with van der Waals surface area (Å²) in [6, 6.07) is 6.63. The number of carbonyl (C=O) groups is 1. The van der Waals surface area contributed by atoms with E-state index in [0.717, 1.165) is 10.6 Å². The molecule has 0 aliphatic heterocycles. The van der Waals surface area contributed by atoms with E-state index in [4.69, 9.17) is 5.11 Å². The maximum atomic E-state index is 13.5. The molecule has 0 amide bonds. The molecular formula is C13H9F2NO3. The van der Waals surface area contributed by atoms with E-state index in [1.165, 1.54) is 24.3 Å². The smallest absolute Gasteiger partial charge is 0.352 e. The highest BCUT2D eigenvalue weighted by Gasteiger charge is 2.12. The molecule has 0 saturated heterocycles. The Morgan fingerprint density at radius 3 is 2.58 bits per heavy atom. The van der Waals surface area contributed by atoms with Crippen molar-refractivity contribution < 1.29 is 18.7 Å². The Hall–Kier alpha value is -2.50. The monoisotopic (exact) mass is 265 g/mol. The van der Waals surface area contributed by atoms with Crippen LogP contribution < -0.4 is 5.56 Å². The molecule has 0 atom stereocenters. The van der Waals surface area contributed by atoms with E-state index in [-0.39, 0.29) is 17.8 Å². The Labute approximate surface area is 106 Å². The fourth-order valence-electron chi connectivity index (χ4n) is 1.69. The lowest BCUT2D eigenvalue weighted by molar-refractivity contribution is 0.0684. The van der Waals surface area contributed by atoms with Crippen molar-refractivity contribution >= 4 is 5.97 Å². The minimum atomic E-state index is -1.29. The number of carboxylic acids is 1. The van der Waals surface area contributed by atoms with Crippen molar-refractivity contribution in [2.24, 2.45) is 0 Å². The zero-order valence-corrected chi connectivity index (χ0v) is 9.64. The normalized spacial score (nSPS) is 10.4. The molecule has 0 spiro atoms. The van der Waals surface area contributed by atoms with Crippen molar-refractivity contribution in [3.05, 3.63) is 69.6 Å². The van der Waals surface area contributed by atoms with Crippen LogP contribution >= 0.6 is 0 Å². The largest absolute Gasteiger partial charge is 0.477 e. The summed E-state index contributed by atoms with van der Waals surface area (Å²) in [6.45, 7) is -0.270. The molecule has 1 aromatic carbocycles. The average molecular weight is 265 g/mol. The molecule has 0 radical (unpaired) electrons. The van der Waals surface area contributed by atoms with Crippen LogP contribution in [0, 0.1) is 11.6 Å². The number of rotatable bonds is 3. The van der Waals surface area contributed by atoms with E-state index in [1.54, 1.807) is 0 Å². The molecule has 19 heavy (non-hydrogen) atoms. The Balaban J connectivity index is 2.49. The number of hydrogen-bond acceptors (Lipinski definition) is 2. The molecule has 2 aromatic rings. The lowest BCUT2D eigenvalue weighted by Gasteiger charge is -2.10. The third-order valence-electron chi connectivity index (χ3n) is 2.61. The van der Waals surface area contributed by atoms with E-state index in [0.29, 0.717) is 6.07 Å². The molecule has 0 fully saturated rings. The molecule has 0 unspecified atom stereocenters. The number of carboxylic acid groups (broad SMARTS) is 1. The second kappa shape index (κ2) is 5.01. The Kier molecular flexibility index (Phi) is 3.41. The van der Waals surface area contributed by atoms with E-state index in [1.807, 2.05) is 0 Å². The molecule has 2 rings (SSSR count). The molecule has 4 nitrogen and oxygen atoms in total. The number of pyridine rings is 1. The summed E-state index contributed by atoms with van der Waals surface area (Å²) in [5.74, 6) is -2.85. The van der Waals surface area contributed by atoms with Crippen LogP contribution in [0.2, 0.25) is 0 Å². The zero-order chi connectivity index (χ0) is 14.0. The first-order chi connectivity index (χ1) is 8.99. The third kappa shape index (κ3) is 2.67. The van der Waals surface area contributed by atoms with Gasteiger partial charge in [0.2, 0.25) is 0 Å². The number of aromatic carboxylic acids is 1. The van der Waals surface area contributed by atoms with Crippen LogP contribution in [0.25, 0.3) is 0 Å². The van der Waals surface area contributed by atoms with Gasteiger partial charge in [0, 0.05) is 17.7 Å². The van der Waals surface area contributed by atoms with Gasteiger partial charge in [0.1, 0.15) is 17.3 Å². The molecule has 0 saturated carbocycles. The molecule has 0 aliphatic rings. The molecule has 6 heteroatoms. The Morgan fingerprint density at radius 1 is 1.21 bits per heavy atom. The molecule has 1 N–H and O–H groups in total. The predicted molar refractivity (Wildman–Crippen MR) is 63.1 cm³/mol. The van der Waals surface area contributed by atoms with Crippen molar-refractivity contribution in [3.8, 4) is 0 Å². The van der Waals surface area contributed by atoms with Crippen molar-refractivity contribution in [3.63, 3.8) is 0 Å². The van der Waals surface area contributed by atoms with E-state index in [9.17, 15) is 18.4 Å². The van der Waals surface area contributed by atoms with Gasteiger partial charge in [0.15, 0.2) is 0 Å². The standard InChI is InChI=1S/C13H9F2NO3/c14-9-5-4-8(10(15)6-9)7-16-11(13(18)19)2-1-3-12(16)17/h1-6H,7H2,(H,18,19). The van der Waals surface area contributed by atoms with Crippen LogP contribution in [-0.2, 0) is 6.54 Å². The van der Waals surface area contributed by atoms with E-state index >= 15 is 0 Å². The molecule has 0 aliphatic carbocycles. The van der Waals surface area contributed by atoms with Gasteiger partial charge in [-0.2, -0.15) is 0 Å². The molecule has 1 aromatic heterocycles. The number of hydrogen-bond donors (Lipinski definition) is 1. The van der Waals surface area contributed by atoms with Crippen LogP contribution in [0.1, 0.15) is 16.1 Å². The fourth-order valence-corrected chi connectivity index (χ4v) is 1.69. The number of benzene rings is 1. The topological polar surface area (TPSA) is 59.3 Å².